The van der Waals surface area contributed by atoms with Crippen molar-refractivity contribution in [2.75, 3.05) is 13.2 Å². The van der Waals surface area contributed by atoms with Crippen molar-refractivity contribution in [1.29, 1.82) is 0 Å². The van der Waals surface area contributed by atoms with Crippen molar-refractivity contribution < 1.29 is 24.2 Å². The molecular formula is C41H76O5. The Labute approximate surface area is 285 Å². The number of rotatable bonds is 36. The third-order valence-corrected chi connectivity index (χ3v) is 8.72. The molecule has 0 heterocycles. The quantitative estimate of drug-likeness (QED) is 0.0416. The minimum atomic E-state index is -0.772. The molecule has 0 bridgehead atoms. The molecule has 1 atom stereocenters. The molecule has 5 nitrogen and oxygen atoms in total. The lowest BCUT2D eigenvalue weighted by molar-refractivity contribution is -0.161. The largest absolute Gasteiger partial charge is 0.462 e. The summed E-state index contributed by atoms with van der Waals surface area (Å²) in [4.78, 5) is 24.2. The van der Waals surface area contributed by atoms with Crippen LogP contribution in [0.1, 0.15) is 206 Å². The molecule has 0 aliphatic rings. The van der Waals surface area contributed by atoms with Crippen LogP contribution in [0.2, 0.25) is 0 Å². The maximum absolute atomic E-state index is 12.1. The third-order valence-electron chi connectivity index (χ3n) is 8.72. The van der Waals surface area contributed by atoms with Gasteiger partial charge in [-0.25, -0.2) is 0 Å². The van der Waals surface area contributed by atoms with E-state index in [1.165, 1.54) is 135 Å². The number of carbonyl (C=O) groups is 2. The van der Waals surface area contributed by atoms with Crippen LogP contribution in [0.4, 0.5) is 0 Å². The van der Waals surface area contributed by atoms with Crippen molar-refractivity contribution in [3.63, 3.8) is 0 Å². The molecule has 46 heavy (non-hydrogen) atoms. The van der Waals surface area contributed by atoms with Crippen LogP contribution < -0.4 is 0 Å². The zero-order valence-corrected chi connectivity index (χ0v) is 30.6. The molecule has 270 valence electrons. The van der Waals surface area contributed by atoms with Gasteiger partial charge in [-0.2, -0.15) is 0 Å². The summed E-state index contributed by atoms with van der Waals surface area (Å²) >= 11 is 0. The van der Waals surface area contributed by atoms with E-state index in [-0.39, 0.29) is 25.2 Å². The maximum Gasteiger partial charge on any atom is 0.306 e. The first-order chi connectivity index (χ1) is 22.6. The molecule has 0 spiro atoms. The normalized spacial score (nSPS) is 12.3. The molecule has 0 aromatic carbocycles. The number of ether oxygens (including phenoxy) is 2. The Hall–Kier alpha value is -1.62. The van der Waals surface area contributed by atoms with E-state index in [0.29, 0.717) is 12.8 Å². The fourth-order valence-electron chi connectivity index (χ4n) is 5.66. The molecule has 0 aliphatic heterocycles. The first-order valence-electron chi connectivity index (χ1n) is 19.9. The van der Waals surface area contributed by atoms with Gasteiger partial charge in [0.25, 0.3) is 0 Å². The summed E-state index contributed by atoms with van der Waals surface area (Å²) in [7, 11) is 0. The second-order valence-corrected chi connectivity index (χ2v) is 13.4. The maximum atomic E-state index is 12.1. The molecule has 0 aromatic rings. The Bertz CT molecular complexity index is 701. The van der Waals surface area contributed by atoms with Gasteiger partial charge in [-0.3, -0.25) is 9.59 Å². The van der Waals surface area contributed by atoms with Gasteiger partial charge in [0.15, 0.2) is 6.10 Å². The second-order valence-electron chi connectivity index (χ2n) is 13.4. The number of aliphatic hydroxyl groups excluding tert-OH is 1. The number of aliphatic hydroxyl groups is 1. The highest BCUT2D eigenvalue weighted by Crippen LogP contribution is 2.14. The van der Waals surface area contributed by atoms with Gasteiger partial charge < -0.3 is 14.6 Å². The molecule has 0 aliphatic carbocycles. The standard InChI is InChI=1S/C41H76O5/c1-3-5-7-9-11-13-15-17-18-19-20-21-22-24-25-27-29-31-33-35-40(43)45-38-39(37-42)46-41(44)36-34-32-30-28-26-23-16-14-12-10-8-6-4-2/h14,16-18,39,42H,3-13,15,19-38H2,1-2H3/b16-14+,18-17+/t39-/m0/s1. The van der Waals surface area contributed by atoms with Gasteiger partial charge >= 0.3 is 11.9 Å². The van der Waals surface area contributed by atoms with Crippen LogP contribution >= 0.6 is 0 Å². The molecule has 0 saturated heterocycles. The topological polar surface area (TPSA) is 72.8 Å². The van der Waals surface area contributed by atoms with E-state index in [1.54, 1.807) is 0 Å². The monoisotopic (exact) mass is 649 g/mol. The molecule has 0 saturated carbocycles. The molecule has 0 fully saturated rings. The van der Waals surface area contributed by atoms with Crippen molar-refractivity contribution in [2.24, 2.45) is 0 Å². The molecule has 5 heteroatoms. The lowest BCUT2D eigenvalue weighted by Gasteiger charge is -2.15. The highest BCUT2D eigenvalue weighted by molar-refractivity contribution is 5.70. The summed E-state index contributed by atoms with van der Waals surface area (Å²) in [6.45, 7) is 4.11. The summed E-state index contributed by atoms with van der Waals surface area (Å²) in [6.07, 6.45) is 43.8. The number of allylic oxidation sites excluding steroid dienone is 4. The lowest BCUT2D eigenvalue weighted by atomic mass is 10.1. The fraction of sp³-hybridized carbons (Fsp3) is 0.854. The van der Waals surface area contributed by atoms with Crippen LogP contribution in [0, 0.1) is 0 Å². The number of carbonyl (C=O) groups excluding carboxylic acids is 2. The van der Waals surface area contributed by atoms with E-state index < -0.39 is 6.10 Å². The van der Waals surface area contributed by atoms with E-state index in [9.17, 15) is 14.7 Å². The van der Waals surface area contributed by atoms with Crippen LogP contribution in [-0.2, 0) is 19.1 Å². The Morgan fingerprint density at radius 1 is 0.478 bits per heavy atom. The molecule has 1 N–H and O–H groups in total. The van der Waals surface area contributed by atoms with Crippen LogP contribution in [0.5, 0.6) is 0 Å². The van der Waals surface area contributed by atoms with Crippen molar-refractivity contribution >= 4 is 11.9 Å². The molecule has 0 unspecified atom stereocenters. The van der Waals surface area contributed by atoms with Crippen LogP contribution in [0.15, 0.2) is 24.3 Å². The van der Waals surface area contributed by atoms with Gasteiger partial charge in [-0.1, -0.05) is 154 Å². The van der Waals surface area contributed by atoms with E-state index in [4.69, 9.17) is 9.47 Å². The molecule has 0 rings (SSSR count). The zero-order chi connectivity index (χ0) is 33.6. The smallest absolute Gasteiger partial charge is 0.306 e. The van der Waals surface area contributed by atoms with Crippen LogP contribution in [0.25, 0.3) is 0 Å². The second kappa shape index (κ2) is 37.8. The highest BCUT2D eigenvalue weighted by Gasteiger charge is 2.16. The molecule has 0 amide bonds. The summed E-state index contributed by atoms with van der Waals surface area (Å²) < 4.78 is 10.6. The Morgan fingerprint density at radius 2 is 0.804 bits per heavy atom. The van der Waals surface area contributed by atoms with Crippen molar-refractivity contribution in [3.05, 3.63) is 24.3 Å². The molecular weight excluding hydrogens is 572 g/mol. The SMILES string of the molecule is CCCCCC/C=C/CCCCCCCC(=O)O[C@@H](CO)COC(=O)CCCCCCCCCCC/C=C/CCCCCCCC. The van der Waals surface area contributed by atoms with Crippen molar-refractivity contribution in [3.8, 4) is 0 Å². The summed E-state index contributed by atoms with van der Waals surface area (Å²) in [5, 5.41) is 9.54. The van der Waals surface area contributed by atoms with Gasteiger partial charge in [-0.15, -0.1) is 0 Å². The minimum Gasteiger partial charge on any atom is -0.462 e. The number of unbranched alkanes of at least 4 members (excludes halogenated alkanes) is 24. The molecule has 0 aromatic heterocycles. The highest BCUT2D eigenvalue weighted by atomic mass is 16.6. The Balaban J connectivity index is 3.53. The predicted molar refractivity (Wildman–Crippen MR) is 196 cm³/mol. The minimum absolute atomic E-state index is 0.0673. The van der Waals surface area contributed by atoms with E-state index in [0.717, 1.165) is 44.9 Å². The van der Waals surface area contributed by atoms with Crippen LogP contribution in [0.3, 0.4) is 0 Å². The van der Waals surface area contributed by atoms with Crippen molar-refractivity contribution in [1.82, 2.24) is 0 Å². The van der Waals surface area contributed by atoms with Crippen molar-refractivity contribution in [2.45, 2.75) is 213 Å². The molecule has 0 radical (unpaired) electrons. The zero-order valence-electron chi connectivity index (χ0n) is 30.6. The summed E-state index contributed by atoms with van der Waals surface area (Å²) in [5.74, 6) is -0.599. The fourth-order valence-corrected chi connectivity index (χ4v) is 5.66. The third kappa shape index (κ3) is 35.2. The van der Waals surface area contributed by atoms with Gasteiger partial charge in [-0.05, 0) is 64.2 Å². The van der Waals surface area contributed by atoms with E-state index in [1.807, 2.05) is 0 Å². The van der Waals surface area contributed by atoms with Gasteiger partial charge in [0.2, 0.25) is 0 Å². The lowest BCUT2D eigenvalue weighted by Crippen LogP contribution is -2.28. The Morgan fingerprint density at radius 3 is 1.20 bits per heavy atom. The first kappa shape index (κ1) is 44.4. The average molecular weight is 649 g/mol. The number of esters is 2. The first-order valence-corrected chi connectivity index (χ1v) is 19.9. The summed E-state index contributed by atoms with van der Waals surface area (Å²) in [6, 6.07) is 0. The Kier molecular flexibility index (Phi) is 36.5. The summed E-state index contributed by atoms with van der Waals surface area (Å²) in [5.41, 5.74) is 0. The van der Waals surface area contributed by atoms with E-state index in [2.05, 4.69) is 38.2 Å². The number of hydrogen-bond acceptors (Lipinski definition) is 5. The van der Waals surface area contributed by atoms with Gasteiger partial charge in [0, 0.05) is 12.8 Å². The average Bonchev–Trinajstić information content (AvgIpc) is 3.06. The predicted octanol–water partition coefficient (Wildman–Crippen LogP) is 12.3. The van der Waals surface area contributed by atoms with Gasteiger partial charge in [0.1, 0.15) is 6.61 Å². The van der Waals surface area contributed by atoms with E-state index >= 15 is 0 Å². The van der Waals surface area contributed by atoms with Crippen LogP contribution in [-0.4, -0.2) is 36.4 Å². The number of hydrogen-bond donors (Lipinski definition) is 1. The van der Waals surface area contributed by atoms with Gasteiger partial charge in [0.05, 0.1) is 6.61 Å².